The van der Waals surface area contributed by atoms with Crippen LogP contribution in [0.15, 0.2) is 18.2 Å². The summed E-state index contributed by atoms with van der Waals surface area (Å²) in [6.07, 6.45) is 2.23. The zero-order valence-electron chi connectivity index (χ0n) is 11.4. The molecule has 0 aliphatic heterocycles. The summed E-state index contributed by atoms with van der Waals surface area (Å²) < 4.78 is 5.28. The third kappa shape index (κ3) is 3.74. The van der Waals surface area contributed by atoms with Gasteiger partial charge >= 0.3 is 0 Å². The van der Waals surface area contributed by atoms with E-state index in [0.717, 1.165) is 29.8 Å². The van der Waals surface area contributed by atoms with Crippen LogP contribution in [-0.2, 0) is 4.79 Å². The fraction of sp³-hybridized carbons (Fsp3) is 0.500. The summed E-state index contributed by atoms with van der Waals surface area (Å²) >= 11 is 0. The van der Waals surface area contributed by atoms with E-state index in [4.69, 9.17) is 10.5 Å². The van der Waals surface area contributed by atoms with Gasteiger partial charge < -0.3 is 15.4 Å². The van der Waals surface area contributed by atoms with Gasteiger partial charge in [-0.25, -0.2) is 0 Å². The van der Waals surface area contributed by atoms with Gasteiger partial charge in [-0.15, -0.1) is 0 Å². The van der Waals surface area contributed by atoms with Crippen LogP contribution in [0.3, 0.4) is 0 Å². The molecule has 0 aromatic heterocycles. The molecule has 0 saturated heterocycles. The van der Waals surface area contributed by atoms with Crippen molar-refractivity contribution in [3.05, 3.63) is 23.8 Å². The number of anilines is 1. The van der Waals surface area contributed by atoms with E-state index in [1.807, 2.05) is 25.1 Å². The van der Waals surface area contributed by atoms with Gasteiger partial charge in [0.15, 0.2) is 0 Å². The van der Waals surface area contributed by atoms with E-state index in [9.17, 15) is 4.79 Å². The Bertz CT molecular complexity index is 405. The Kier molecular flexibility index (Phi) is 5.65. The number of hydrogen-bond acceptors (Lipinski definition) is 3. The van der Waals surface area contributed by atoms with Crippen molar-refractivity contribution in [1.82, 2.24) is 0 Å². The first-order valence-corrected chi connectivity index (χ1v) is 6.21. The number of ether oxygens (including phenoxy) is 1. The number of unbranched alkanes of at least 4 members (excludes halogenated alkanes) is 1. The Morgan fingerprint density at radius 2 is 2.11 bits per heavy atom. The third-order valence-electron chi connectivity index (χ3n) is 2.91. The number of aryl methyl sites for hydroxylation is 1. The maximum atomic E-state index is 12.0. The van der Waals surface area contributed by atoms with Crippen molar-refractivity contribution < 1.29 is 9.53 Å². The molecule has 1 aromatic carbocycles. The highest BCUT2D eigenvalue weighted by Gasteiger charge is 2.14. The van der Waals surface area contributed by atoms with E-state index in [1.54, 1.807) is 19.1 Å². The van der Waals surface area contributed by atoms with E-state index in [-0.39, 0.29) is 5.91 Å². The Morgan fingerprint density at radius 3 is 2.72 bits per heavy atom. The predicted molar refractivity (Wildman–Crippen MR) is 74.0 cm³/mol. The van der Waals surface area contributed by atoms with E-state index in [0.29, 0.717) is 13.0 Å². The van der Waals surface area contributed by atoms with Gasteiger partial charge in [0.1, 0.15) is 5.75 Å². The van der Waals surface area contributed by atoms with Crippen LogP contribution in [0, 0.1) is 6.92 Å². The number of rotatable bonds is 6. The predicted octanol–water partition coefficient (Wildman–Crippen LogP) is 2.10. The lowest BCUT2D eigenvalue weighted by Crippen LogP contribution is -2.26. The van der Waals surface area contributed by atoms with Gasteiger partial charge in [0.05, 0.1) is 12.8 Å². The highest BCUT2D eigenvalue weighted by Crippen LogP contribution is 2.28. The number of benzene rings is 1. The van der Waals surface area contributed by atoms with Crippen LogP contribution in [0.4, 0.5) is 5.69 Å². The molecule has 1 rings (SSSR count). The average molecular weight is 250 g/mol. The number of amides is 1. The highest BCUT2D eigenvalue weighted by molar-refractivity contribution is 5.94. The number of hydrogen-bond donors (Lipinski definition) is 1. The van der Waals surface area contributed by atoms with Crippen LogP contribution < -0.4 is 15.4 Å². The molecule has 4 nitrogen and oxygen atoms in total. The molecule has 18 heavy (non-hydrogen) atoms. The Morgan fingerprint density at radius 1 is 1.39 bits per heavy atom. The summed E-state index contributed by atoms with van der Waals surface area (Å²) in [6, 6.07) is 5.81. The smallest absolute Gasteiger partial charge is 0.226 e. The molecule has 2 N–H and O–H groups in total. The van der Waals surface area contributed by atoms with Gasteiger partial charge in [0.2, 0.25) is 5.91 Å². The SMILES string of the molecule is COc1ccc(C)cc1N(C)C(=O)CCCCN. The van der Waals surface area contributed by atoms with E-state index < -0.39 is 0 Å². The second-order valence-electron chi connectivity index (χ2n) is 4.37. The standard InChI is InChI=1S/C14H22N2O2/c1-11-7-8-13(18-3)12(10-11)16(2)14(17)6-4-5-9-15/h7-8,10H,4-6,9,15H2,1-3H3. The minimum absolute atomic E-state index is 0.0901. The van der Waals surface area contributed by atoms with Crippen LogP contribution >= 0.6 is 0 Å². The molecule has 0 atom stereocenters. The maximum Gasteiger partial charge on any atom is 0.226 e. The second-order valence-corrected chi connectivity index (χ2v) is 4.37. The van der Waals surface area contributed by atoms with Crippen LogP contribution in [0.5, 0.6) is 5.75 Å². The lowest BCUT2D eigenvalue weighted by atomic mass is 10.1. The fourth-order valence-corrected chi connectivity index (χ4v) is 1.78. The van der Waals surface area contributed by atoms with E-state index in [1.165, 1.54) is 0 Å². The van der Waals surface area contributed by atoms with Crippen molar-refractivity contribution in [2.45, 2.75) is 26.2 Å². The summed E-state index contributed by atoms with van der Waals surface area (Å²) in [5, 5.41) is 0. The first-order chi connectivity index (χ1) is 8.60. The zero-order chi connectivity index (χ0) is 13.5. The minimum atomic E-state index is 0.0901. The minimum Gasteiger partial charge on any atom is -0.495 e. The lowest BCUT2D eigenvalue weighted by Gasteiger charge is -2.20. The molecule has 0 aliphatic carbocycles. The van der Waals surface area contributed by atoms with Crippen LogP contribution in [-0.4, -0.2) is 26.6 Å². The molecule has 0 aliphatic rings. The Hall–Kier alpha value is -1.55. The molecule has 0 unspecified atom stereocenters. The molecular weight excluding hydrogens is 228 g/mol. The van der Waals surface area contributed by atoms with Crippen molar-refractivity contribution >= 4 is 11.6 Å². The normalized spacial score (nSPS) is 10.2. The molecule has 0 fully saturated rings. The van der Waals surface area contributed by atoms with E-state index >= 15 is 0 Å². The molecule has 0 bridgehead atoms. The summed E-state index contributed by atoms with van der Waals surface area (Å²) in [6.45, 7) is 2.63. The van der Waals surface area contributed by atoms with Gasteiger partial charge in [-0.2, -0.15) is 0 Å². The maximum absolute atomic E-state index is 12.0. The first kappa shape index (κ1) is 14.5. The van der Waals surface area contributed by atoms with Gasteiger partial charge in [0, 0.05) is 13.5 Å². The van der Waals surface area contributed by atoms with E-state index in [2.05, 4.69) is 0 Å². The van der Waals surface area contributed by atoms with Gasteiger partial charge in [-0.05, 0) is 44.0 Å². The zero-order valence-corrected chi connectivity index (χ0v) is 11.4. The number of carbonyl (C=O) groups excluding carboxylic acids is 1. The van der Waals surface area contributed by atoms with Crippen LogP contribution in [0.25, 0.3) is 0 Å². The van der Waals surface area contributed by atoms with Gasteiger partial charge in [0.25, 0.3) is 0 Å². The Labute approximate surface area is 109 Å². The van der Waals surface area contributed by atoms with Crippen molar-refractivity contribution in [1.29, 1.82) is 0 Å². The number of nitrogens with two attached hydrogens (primary N) is 1. The van der Waals surface area contributed by atoms with Crippen LogP contribution in [0.1, 0.15) is 24.8 Å². The quantitative estimate of drug-likeness (QED) is 0.787. The number of carbonyl (C=O) groups is 1. The number of nitrogens with zero attached hydrogens (tertiary/aromatic N) is 1. The molecular formula is C14H22N2O2. The molecule has 1 amide bonds. The molecule has 0 saturated carbocycles. The number of methoxy groups -OCH3 is 1. The van der Waals surface area contributed by atoms with Crippen LogP contribution in [0.2, 0.25) is 0 Å². The second kappa shape index (κ2) is 7.01. The van der Waals surface area contributed by atoms with Crippen molar-refractivity contribution in [2.75, 3.05) is 25.6 Å². The lowest BCUT2D eigenvalue weighted by molar-refractivity contribution is -0.118. The summed E-state index contributed by atoms with van der Waals surface area (Å²) in [5.41, 5.74) is 7.34. The topological polar surface area (TPSA) is 55.6 Å². The summed E-state index contributed by atoms with van der Waals surface area (Å²) in [4.78, 5) is 13.7. The summed E-state index contributed by atoms with van der Waals surface area (Å²) in [5.74, 6) is 0.808. The molecule has 0 spiro atoms. The molecule has 1 aromatic rings. The monoisotopic (exact) mass is 250 g/mol. The molecule has 100 valence electrons. The third-order valence-corrected chi connectivity index (χ3v) is 2.91. The van der Waals surface area contributed by atoms with Crippen molar-refractivity contribution in [2.24, 2.45) is 5.73 Å². The highest BCUT2D eigenvalue weighted by atomic mass is 16.5. The van der Waals surface area contributed by atoms with Gasteiger partial charge in [-0.1, -0.05) is 6.07 Å². The van der Waals surface area contributed by atoms with Gasteiger partial charge in [-0.3, -0.25) is 4.79 Å². The molecule has 4 heteroatoms. The molecule has 0 radical (unpaired) electrons. The largest absolute Gasteiger partial charge is 0.495 e. The first-order valence-electron chi connectivity index (χ1n) is 6.21. The van der Waals surface area contributed by atoms with Crippen molar-refractivity contribution in [3.63, 3.8) is 0 Å². The molecule has 0 heterocycles. The Balaban J connectivity index is 2.78. The fourth-order valence-electron chi connectivity index (χ4n) is 1.78. The van der Waals surface area contributed by atoms with Crippen molar-refractivity contribution in [3.8, 4) is 5.75 Å². The summed E-state index contributed by atoms with van der Waals surface area (Å²) in [7, 11) is 3.39. The average Bonchev–Trinajstić information content (AvgIpc) is 2.38.